The second kappa shape index (κ2) is 4.86. The van der Waals surface area contributed by atoms with Crippen LogP contribution in [0.3, 0.4) is 0 Å². The average molecular weight is 287 g/mol. The molecule has 21 heavy (non-hydrogen) atoms. The number of rotatable bonds is 3. The van der Waals surface area contributed by atoms with E-state index < -0.39 is 22.5 Å². The third-order valence-corrected chi connectivity index (χ3v) is 3.25. The van der Waals surface area contributed by atoms with E-state index in [1.165, 1.54) is 6.07 Å². The molecule has 106 valence electrons. The lowest BCUT2D eigenvalue weighted by molar-refractivity contribution is -0.384. The number of halogens is 1. The van der Waals surface area contributed by atoms with Crippen molar-refractivity contribution < 1.29 is 14.1 Å². The predicted octanol–water partition coefficient (Wildman–Crippen LogP) is 2.84. The average Bonchev–Trinajstić information content (AvgIpc) is 2.77. The topological polar surface area (TPSA) is 84.3 Å². The highest BCUT2D eigenvalue weighted by Crippen LogP contribution is 2.35. The highest BCUT2D eigenvalue weighted by molar-refractivity contribution is 6.04. The second-order valence-electron chi connectivity index (χ2n) is 4.57. The molecular formula is C14H10FN3O3. The molecule has 0 saturated carbocycles. The number of carbonyl (C=O) groups excluding carboxylic acids is 1. The maximum absolute atomic E-state index is 13.1. The Morgan fingerprint density at radius 3 is 2.76 bits per heavy atom. The first-order valence-corrected chi connectivity index (χ1v) is 6.16. The first-order valence-electron chi connectivity index (χ1n) is 6.16. The zero-order valence-corrected chi connectivity index (χ0v) is 10.7. The summed E-state index contributed by atoms with van der Waals surface area (Å²) >= 11 is 0. The number of amides is 1. The molecule has 2 aromatic carbocycles. The minimum atomic E-state index is -0.745. The van der Waals surface area contributed by atoms with Crippen LogP contribution in [0.1, 0.15) is 11.6 Å². The largest absolute Gasteiger partial charge is 0.364 e. The molecular weight excluding hydrogens is 277 g/mol. The molecule has 0 fully saturated rings. The van der Waals surface area contributed by atoms with Crippen LogP contribution in [0.25, 0.3) is 0 Å². The van der Waals surface area contributed by atoms with Crippen molar-refractivity contribution in [2.24, 2.45) is 0 Å². The van der Waals surface area contributed by atoms with Gasteiger partial charge < -0.3 is 10.6 Å². The smallest absolute Gasteiger partial charge is 0.295 e. The van der Waals surface area contributed by atoms with Gasteiger partial charge in [-0.2, -0.15) is 0 Å². The van der Waals surface area contributed by atoms with Gasteiger partial charge in [-0.25, -0.2) is 4.39 Å². The predicted molar refractivity (Wildman–Crippen MR) is 74.5 cm³/mol. The van der Waals surface area contributed by atoms with Gasteiger partial charge >= 0.3 is 0 Å². The molecule has 6 nitrogen and oxygen atoms in total. The summed E-state index contributed by atoms with van der Waals surface area (Å²) in [6, 6.07) is 9.48. The first kappa shape index (κ1) is 13.0. The molecule has 2 N–H and O–H groups in total. The van der Waals surface area contributed by atoms with Crippen LogP contribution in [0.5, 0.6) is 0 Å². The molecule has 1 unspecified atom stereocenters. The van der Waals surface area contributed by atoms with E-state index in [1.54, 1.807) is 24.3 Å². The summed E-state index contributed by atoms with van der Waals surface area (Å²) in [7, 11) is 0. The van der Waals surface area contributed by atoms with Gasteiger partial charge in [0.25, 0.3) is 11.6 Å². The standard InChI is InChI=1S/C14H10FN3O3/c15-8-5-6-11(12(7-8)18(20)21)16-13-9-3-1-2-4-10(9)17-14(13)19/h1-7,13,16H,(H,17,19). The summed E-state index contributed by atoms with van der Waals surface area (Å²) in [5.74, 6) is -1.02. The third kappa shape index (κ3) is 2.29. The summed E-state index contributed by atoms with van der Waals surface area (Å²) < 4.78 is 13.1. The molecule has 0 radical (unpaired) electrons. The lowest BCUT2D eigenvalue weighted by Crippen LogP contribution is -2.20. The van der Waals surface area contributed by atoms with Gasteiger partial charge in [0.05, 0.1) is 11.0 Å². The molecule has 7 heteroatoms. The van der Waals surface area contributed by atoms with E-state index in [2.05, 4.69) is 10.6 Å². The van der Waals surface area contributed by atoms with Crippen LogP contribution in [0.15, 0.2) is 42.5 Å². The van der Waals surface area contributed by atoms with E-state index >= 15 is 0 Å². The number of fused-ring (bicyclic) bond motifs is 1. The molecule has 1 amide bonds. The van der Waals surface area contributed by atoms with Gasteiger partial charge in [0.15, 0.2) is 0 Å². The molecule has 0 aromatic heterocycles. The number of benzene rings is 2. The summed E-state index contributed by atoms with van der Waals surface area (Å²) in [6.45, 7) is 0. The van der Waals surface area contributed by atoms with Gasteiger partial charge in [-0.1, -0.05) is 18.2 Å². The number of nitro benzene ring substituents is 1. The molecule has 1 heterocycles. The number of anilines is 2. The summed E-state index contributed by atoms with van der Waals surface area (Å²) in [5, 5.41) is 16.5. The van der Waals surface area contributed by atoms with Crippen LogP contribution in [0.4, 0.5) is 21.5 Å². The fraction of sp³-hybridized carbons (Fsp3) is 0.0714. The minimum absolute atomic E-state index is 0.0956. The lowest BCUT2D eigenvalue weighted by Gasteiger charge is -2.13. The van der Waals surface area contributed by atoms with Crippen LogP contribution < -0.4 is 10.6 Å². The molecule has 1 aliphatic heterocycles. The monoisotopic (exact) mass is 287 g/mol. The molecule has 2 aromatic rings. The Kier molecular flexibility index (Phi) is 3.02. The minimum Gasteiger partial charge on any atom is -0.364 e. The Morgan fingerprint density at radius 2 is 2.00 bits per heavy atom. The number of hydrogen-bond acceptors (Lipinski definition) is 4. The van der Waals surface area contributed by atoms with Crippen molar-refractivity contribution in [3.63, 3.8) is 0 Å². The van der Waals surface area contributed by atoms with E-state index in [0.717, 1.165) is 12.1 Å². The zero-order valence-electron chi connectivity index (χ0n) is 10.7. The van der Waals surface area contributed by atoms with Crippen molar-refractivity contribution in [3.05, 3.63) is 64.0 Å². The number of nitrogens with one attached hydrogen (secondary N) is 2. The van der Waals surface area contributed by atoms with Crippen LogP contribution >= 0.6 is 0 Å². The number of hydrogen-bond donors (Lipinski definition) is 2. The van der Waals surface area contributed by atoms with Crippen LogP contribution in [0, 0.1) is 15.9 Å². The zero-order chi connectivity index (χ0) is 15.0. The Morgan fingerprint density at radius 1 is 1.24 bits per heavy atom. The number of nitrogens with zero attached hydrogens (tertiary/aromatic N) is 1. The third-order valence-electron chi connectivity index (χ3n) is 3.25. The maximum atomic E-state index is 13.1. The molecule has 3 rings (SSSR count). The van der Waals surface area contributed by atoms with Gasteiger partial charge in [0, 0.05) is 11.3 Å². The lowest BCUT2D eigenvalue weighted by atomic mass is 10.1. The molecule has 1 atom stereocenters. The van der Waals surface area contributed by atoms with Gasteiger partial charge in [-0.05, 0) is 18.2 Å². The van der Waals surface area contributed by atoms with Crippen molar-refractivity contribution in [2.75, 3.05) is 10.6 Å². The fourth-order valence-electron chi connectivity index (χ4n) is 2.29. The van der Waals surface area contributed by atoms with Crippen LogP contribution in [-0.4, -0.2) is 10.8 Å². The second-order valence-corrected chi connectivity index (χ2v) is 4.57. The van der Waals surface area contributed by atoms with Crippen molar-refractivity contribution in [1.29, 1.82) is 0 Å². The summed E-state index contributed by atoms with van der Waals surface area (Å²) in [4.78, 5) is 22.2. The van der Waals surface area contributed by atoms with E-state index in [0.29, 0.717) is 11.3 Å². The summed E-state index contributed by atoms with van der Waals surface area (Å²) in [6.07, 6.45) is 0. The molecule has 0 aliphatic carbocycles. The van der Waals surface area contributed by atoms with E-state index in [4.69, 9.17) is 0 Å². The molecule has 1 aliphatic rings. The summed E-state index contributed by atoms with van der Waals surface area (Å²) in [5.41, 5.74) is 1.04. The fourth-order valence-corrected chi connectivity index (χ4v) is 2.29. The van der Waals surface area contributed by atoms with Crippen molar-refractivity contribution >= 4 is 23.0 Å². The van der Waals surface area contributed by atoms with Gasteiger partial charge in [-0.15, -0.1) is 0 Å². The number of carbonyl (C=O) groups is 1. The van der Waals surface area contributed by atoms with Gasteiger partial charge in [0.1, 0.15) is 17.5 Å². The first-order chi connectivity index (χ1) is 10.1. The van der Waals surface area contributed by atoms with Crippen LogP contribution in [0.2, 0.25) is 0 Å². The number of para-hydroxylation sites is 1. The normalized spacial score (nSPS) is 16.2. The SMILES string of the molecule is O=C1Nc2ccccc2C1Nc1ccc(F)cc1[N+](=O)[O-]. The van der Waals surface area contributed by atoms with E-state index in [1.807, 2.05) is 0 Å². The van der Waals surface area contributed by atoms with Crippen molar-refractivity contribution in [1.82, 2.24) is 0 Å². The highest BCUT2D eigenvalue weighted by atomic mass is 19.1. The highest BCUT2D eigenvalue weighted by Gasteiger charge is 2.31. The van der Waals surface area contributed by atoms with Crippen LogP contribution in [-0.2, 0) is 4.79 Å². The van der Waals surface area contributed by atoms with E-state index in [9.17, 15) is 19.3 Å². The maximum Gasteiger partial charge on any atom is 0.295 e. The van der Waals surface area contributed by atoms with Gasteiger partial charge in [0.2, 0.25) is 0 Å². The van der Waals surface area contributed by atoms with Gasteiger partial charge in [-0.3, -0.25) is 14.9 Å². The Balaban J connectivity index is 1.98. The van der Waals surface area contributed by atoms with E-state index in [-0.39, 0.29) is 11.6 Å². The molecule has 0 saturated heterocycles. The van der Waals surface area contributed by atoms with Crippen molar-refractivity contribution in [3.8, 4) is 0 Å². The Hall–Kier alpha value is -2.96. The van der Waals surface area contributed by atoms with Crippen molar-refractivity contribution in [2.45, 2.75) is 6.04 Å². The Labute approximate surface area is 118 Å². The number of nitro groups is 1. The Bertz CT molecular complexity index is 748. The molecule has 0 bridgehead atoms. The quantitative estimate of drug-likeness (QED) is 0.671. The molecule has 0 spiro atoms.